The van der Waals surface area contributed by atoms with Crippen LogP contribution < -0.4 is 9.47 Å². The highest BCUT2D eigenvalue weighted by Crippen LogP contribution is 2.36. The van der Waals surface area contributed by atoms with E-state index in [0.29, 0.717) is 29.9 Å². The number of carbonyl (C=O) groups is 2. The Hall–Kier alpha value is -2.24. The van der Waals surface area contributed by atoms with E-state index in [0.717, 1.165) is 19.3 Å². The lowest BCUT2D eigenvalue weighted by Crippen LogP contribution is -2.45. The summed E-state index contributed by atoms with van der Waals surface area (Å²) in [6.45, 7) is 0. The standard InChI is InChI=1S/C17H21NO5/c1-21-15-6-3-11(7-16(15)22-2)17(20)23-14-8-12-4-5-13(9-14)18(12)10-19/h3,6-7,10,12-14H,4-5,8-9H2,1-2H3/t12-,13-/m1/s1. The number of hydrogen-bond donors (Lipinski definition) is 0. The van der Waals surface area contributed by atoms with Gasteiger partial charge in [-0.25, -0.2) is 4.79 Å². The maximum absolute atomic E-state index is 12.4. The van der Waals surface area contributed by atoms with Crippen LogP contribution in [-0.2, 0) is 9.53 Å². The SMILES string of the molecule is COc1ccc(C(=O)OC2C[C@H]3CC[C@H](C2)N3C=O)cc1OC. The molecule has 2 aliphatic heterocycles. The van der Waals surface area contributed by atoms with E-state index >= 15 is 0 Å². The Bertz CT molecular complexity index is 589. The number of benzene rings is 1. The van der Waals surface area contributed by atoms with Gasteiger partial charge in [0.15, 0.2) is 11.5 Å². The molecular formula is C17H21NO5. The quantitative estimate of drug-likeness (QED) is 0.613. The van der Waals surface area contributed by atoms with Crippen molar-refractivity contribution in [2.75, 3.05) is 14.2 Å². The van der Waals surface area contributed by atoms with Crippen LogP contribution in [0.1, 0.15) is 36.0 Å². The molecule has 0 N–H and O–H groups in total. The number of carbonyl (C=O) groups excluding carboxylic acids is 2. The van der Waals surface area contributed by atoms with Gasteiger partial charge in [0.25, 0.3) is 0 Å². The molecule has 0 saturated carbocycles. The maximum Gasteiger partial charge on any atom is 0.338 e. The normalized spacial score (nSPS) is 25.8. The Kier molecular flexibility index (Phi) is 4.41. The molecule has 1 amide bonds. The van der Waals surface area contributed by atoms with Crippen molar-refractivity contribution in [2.45, 2.75) is 43.9 Å². The van der Waals surface area contributed by atoms with E-state index in [1.54, 1.807) is 25.3 Å². The summed E-state index contributed by atoms with van der Waals surface area (Å²) in [4.78, 5) is 25.3. The summed E-state index contributed by atoms with van der Waals surface area (Å²) < 4.78 is 16.0. The van der Waals surface area contributed by atoms with Gasteiger partial charge in [-0.15, -0.1) is 0 Å². The van der Waals surface area contributed by atoms with Gasteiger partial charge >= 0.3 is 5.97 Å². The molecule has 6 nitrogen and oxygen atoms in total. The first-order valence-corrected chi connectivity index (χ1v) is 7.82. The van der Waals surface area contributed by atoms with E-state index in [1.807, 2.05) is 4.90 Å². The fourth-order valence-electron chi connectivity index (χ4n) is 3.61. The molecule has 0 radical (unpaired) electrons. The predicted molar refractivity (Wildman–Crippen MR) is 82.7 cm³/mol. The zero-order valence-corrected chi connectivity index (χ0v) is 13.4. The van der Waals surface area contributed by atoms with Gasteiger partial charge in [-0.2, -0.15) is 0 Å². The first-order valence-electron chi connectivity index (χ1n) is 7.82. The van der Waals surface area contributed by atoms with E-state index in [2.05, 4.69) is 0 Å². The van der Waals surface area contributed by atoms with Crippen LogP contribution in [0.25, 0.3) is 0 Å². The first kappa shape index (κ1) is 15.6. The molecule has 2 atom stereocenters. The molecule has 2 fully saturated rings. The summed E-state index contributed by atoms with van der Waals surface area (Å²) in [7, 11) is 3.08. The van der Waals surface area contributed by atoms with E-state index in [4.69, 9.17) is 14.2 Å². The van der Waals surface area contributed by atoms with Gasteiger partial charge in [0, 0.05) is 24.9 Å². The summed E-state index contributed by atoms with van der Waals surface area (Å²) in [5, 5.41) is 0. The Morgan fingerprint density at radius 1 is 1.13 bits per heavy atom. The highest BCUT2D eigenvalue weighted by atomic mass is 16.5. The minimum Gasteiger partial charge on any atom is -0.493 e. The smallest absolute Gasteiger partial charge is 0.338 e. The number of ether oxygens (including phenoxy) is 3. The van der Waals surface area contributed by atoms with Gasteiger partial charge in [-0.05, 0) is 31.0 Å². The van der Waals surface area contributed by atoms with E-state index in [1.165, 1.54) is 7.11 Å². The second kappa shape index (κ2) is 6.48. The largest absolute Gasteiger partial charge is 0.493 e. The lowest BCUT2D eigenvalue weighted by Gasteiger charge is -2.35. The molecule has 2 bridgehead atoms. The number of amides is 1. The summed E-state index contributed by atoms with van der Waals surface area (Å²) in [5.41, 5.74) is 0.438. The monoisotopic (exact) mass is 319 g/mol. The third-order valence-electron chi connectivity index (χ3n) is 4.76. The molecular weight excluding hydrogens is 298 g/mol. The van der Waals surface area contributed by atoms with Gasteiger partial charge in [-0.3, -0.25) is 4.79 Å². The lowest BCUT2D eigenvalue weighted by molar-refractivity contribution is -0.123. The molecule has 0 aromatic heterocycles. The zero-order chi connectivity index (χ0) is 16.4. The molecule has 124 valence electrons. The van der Waals surface area contributed by atoms with Gasteiger partial charge < -0.3 is 19.1 Å². The van der Waals surface area contributed by atoms with Gasteiger partial charge in [0.2, 0.25) is 6.41 Å². The highest BCUT2D eigenvalue weighted by Gasteiger charge is 2.41. The van der Waals surface area contributed by atoms with E-state index in [9.17, 15) is 9.59 Å². The average molecular weight is 319 g/mol. The first-order chi connectivity index (χ1) is 11.2. The third-order valence-corrected chi connectivity index (χ3v) is 4.76. The summed E-state index contributed by atoms with van der Waals surface area (Å²) in [6, 6.07) is 5.38. The molecule has 1 aromatic carbocycles. The minimum absolute atomic E-state index is 0.135. The van der Waals surface area contributed by atoms with Crippen molar-refractivity contribution in [1.82, 2.24) is 4.90 Å². The van der Waals surface area contributed by atoms with Gasteiger partial charge in [0.05, 0.1) is 19.8 Å². The minimum atomic E-state index is -0.366. The van der Waals surface area contributed by atoms with Crippen LogP contribution in [0.4, 0.5) is 0 Å². The molecule has 0 spiro atoms. The van der Waals surface area contributed by atoms with Crippen LogP contribution >= 0.6 is 0 Å². The van der Waals surface area contributed by atoms with Crippen LogP contribution in [-0.4, -0.2) is 49.7 Å². The summed E-state index contributed by atoms with van der Waals surface area (Å²) in [6.07, 6.45) is 4.21. The maximum atomic E-state index is 12.4. The van der Waals surface area contributed by atoms with Crippen LogP contribution in [0.2, 0.25) is 0 Å². The molecule has 6 heteroatoms. The fraction of sp³-hybridized carbons (Fsp3) is 0.529. The second-order valence-electron chi connectivity index (χ2n) is 6.01. The molecule has 2 saturated heterocycles. The number of esters is 1. The van der Waals surface area contributed by atoms with Crippen LogP contribution in [0.15, 0.2) is 18.2 Å². The average Bonchev–Trinajstić information content (AvgIpc) is 2.83. The molecule has 2 aliphatic rings. The number of piperidine rings is 1. The van der Waals surface area contributed by atoms with Crippen LogP contribution in [0.3, 0.4) is 0 Å². The number of hydrogen-bond acceptors (Lipinski definition) is 5. The Balaban J connectivity index is 1.67. The number of nitrogens with zero attached hydrogens (tertiary/aromatic N) is 1. The van der Waals surface area contributed by atoms with Crippen molar-refractivity contribution < 1.29 is 23.8 Å². The van der Waals surface area contributed by atoms with Crippen molar-refractivity contribution in [3.8, 4) is 11.5 Å². The van der Waals surface area contributed by atoms with E-state index < -0.39 is 0 Å². The summed E-state index contributed by atoms with van der Waals surface area (Å²) >= 11 is 0. The fourth-order valence-corrected chi connectivity index (χ4v) is 3.61. The molecule has 0 aliphatic carbocycles. The number of fused-ring (bicyclic) bond motifs is 2. The lowest BCUT2D eigenvalue weighted by atomic mass is 10.0. The van der Waals surface area contributed by atoms with Gasteiger partial charge in [0.1, 0.15) is 6.10 Å². The zero-order valence-electron chi connectivity index (χ0n) is 13.4. The molecule has 3 rings (SSSR count). The van der Waals surface area contributed by atoms with Gasteiger partial charge in [-0.1, -0.05) is 0 Å². The van der Waals surface area contributed by atoms with E-state index in [-0.39, 0.29) is 24.2 Å². The summed E-state index contributed by atoms with van der Waals surface area (Å²) in [5.74, 6) is 0.703. The van der Waals surface area contributed by atoms with Crippen molar-refractivity contribution in [1.29, 1.82) is 0 Å². The molecule has 0 unspecified atom stereocenters. The van der Waals surface area contributed by atoms with Crippen molar-refractivity contribution in [3.63, 3.8) is 0 Å². The van der Waals surface area contributed by atoms with Crippen LogP contribution in [0, 0.1) is 0 Å². The van der Waals surface area contributed by atoms with Crippen molar-refractivity contribution in [2.24, 2.45) is 0 Å². The highest BCUT2D eigenvalue weighted by molar-refractivity contribution is 5.90. The number of methoxy groups -OCH3 is 2. The van der Waals surface area contributed by atoms with Crippen molar-refractivity contribution >= 4 is 12.4 Å². The second-order valence-corrected chi connectivity index (χ2v) is 6.01. The van der Waals surface area contributed by atoms with Crippen molar-refractivity contribution in [3.05, 3.63) is 23.8 Å². The Morgan fingerprint density at radius 2 is 1.78 bits per heavy atom. The Morgan fingerprint density at radius 3 is 2.35 bits per heavy atom. The Labute approximate surface area is 135 Å². The predicted octanol–water partition coefficient (Wildman–Crippen LogP) is 2.01. The third kappa shape index (κ3) is 2.98. The molecule has 23 heavy (non-hydrogen) atoms. The topological polar surface area (TPSA) is 65.1 Å². The molecule has 1 aromatic rings. The molecule has 2 heterocycles. The van der Waals surface area contributed by atoms with Crippen LogP contribution in [0.5, 0.6) is 11.5 Å². The number of rotatable bonds is 5.